The molecule has 3 nitrogen and oxygen atoms in total. The van der Waals surface area contributed by atoms with Crippen molar-refractivity contribution in [3.05, 3.63) is 28.8 Å². The lowest BCUT2D eigenvalue weighted by atomic mass is 10.2. The number of nitrogens with zero attached hydrogens (tertiary/aromatic N) is 1. The number of hydrogen-bond donors (Lipinski definition) is 1. The summed E-state index contributed by atoms with van der Waals surface area (Å²) in [6.07, 6.45) is 1.03. The largest absolute Gasteiger partial charge is 0.478 e. The fraction of sp³-hybridized carbons (Fsp3) is 0.417. The maximum Gasteiger partial charge on any atom is 0.335 e. The smallest absolute Gasteiger partial charge is 0.335 e. The zero-order chi connectivity index (χ0) is 12.1. The van der Waals surface area contributed by atoms with Crippen LogP contribution >= 0.6 is 11.6 Å². The minimum atomic E-state index is -0.952. The van der Waals surface area contributed by atoms with Crippen molar-refractivity contribution in [2.75, 3.05) is 18.0 Å². The molecule has 16 heavy (non-hydrogen) atoms. The van der Waals surface area contributed by atoms with Gasteiger partial charge in [-0.15, -0.1) is 0 Å². The Bertz CT molecular complexity index is 379. The number of carboxylic acids is 1. The van der Waals surface area contributed by atoms with Crippen LogP contribution in [0, 0.1) is 0 Å². The third-order valence-electron chi connectivity index (χ3n) is 2.41. The molecular weight excluding hydrogens is 226 g/mol. The number of aromatic carboxylic acids is 1. The van der Waals surface area contributed by atoms with E-state index < -0.39 is 5.97 Å². The average molecular weight is 242 g/mol. The van der Waals surface area contributed by atoms with Gasteiger partial charge in [0.25, 0.3) is 0 Å². The summed E-state index contributed by atoms with van der Waals surface area (Å²) >= 11 is 6.08. The maximum atomic E-state index is 10.8. The molecule has 0 aliphatic rings. The van der Waals surface area contributed by atoms with Crippen molar-refractivity contribution in [3.8, 4) is 0 Å². The molecule has 0 radical (unpaired) electrons. The number of carbonyl (C=O) groups is 1. The van der Waals surface area contributed by atoms with Gasteiger partial charge < -0.3 is 10.0 Å². The predicted octanol–water partition coefficient (Wildman–Crippen LogP) is 3.27. The second-order valence-corrected chi connectivity index (χ2v) is 3.96. The minimum absolute atomic E-state index is 0.223. The summed E-state index contributed by atoms with van der Waals surface area (Å²) in [5, 5.41) is 9.32. The molecule has 4 heteroatoms. The quantitative estimate of drug-likeness (QED) is 0.860. The molecule has 0 fully saturated rings. The van der Waals surface area contributed by atoms with E-state index >= 15 is 0 Å². The van der Waals surface area contributed by atoms with E-state index in [0.717, 1.165) is 25.2 Å². The topological polar surface area (TPSA) is 40.5 Å². The Hall–Kier alpha value is -1.22. The predicted molar refractivity (Wildman–Crippen MR) is 66.6 cm³/mol. The van der Waals surface area contributed by atoms with E-state index in [9.17, 15) is 4.79 Å². The fourth-order valence-electron chi connectivity index (χ4n) is 1.62. The van der Waals surface area contributed by atoms with Crippen LogP contribution in [0.1, 0.15) is 30.6 Å². The van der Waals surface area contributed by atoms with Crippen LogP contribution < -0.4 is 4.90 Å². The highest BCUT2D eigenvalue weighted by Crippen LogP contribution is 2.27. The molecule has 0 atom stereocenters. The highest BCUT2D eigenvalue weighted by atomic mass is 35.5. The molecular formula is C12H16ClNO2. The van der Waals surface area contributed by atoms with Crippen LogP contribution in [0.5, 0.6) is 0 Å². The van der Waals surface area contributed by atoms with Crippen LogP contribution in [0.4, 0.5) is 5.69 Å². The normalized spacial score (nSPS) is 10.2. The van der Waals surface area contributed by atoms with E-state index in [0.29, 0.717) is 5.02 Å². The molecule has 0 heterocycles. The van der Waals surface area contributed by atoms with Gasteiger partial charge in [0, 0.05) is 13.1 Å². The average Bonchev–Trinajstić information content (AvgIpc) is 2.26. The van der Waals surface area contributed by atoms with Gasteiger partial charge in [0.15, 0.2) is 0 Å². The summed E-state index contributed by atoms with van der Waals surface area (Å²) in [6, 6.07) is 4.85. The van der Waals surface area contributed by atoms with Gasteiger partial charge in [-0.3, -0.25) is 0 Å². The Labute approximate surface area is 101 Å². The number of halogens is 1. The van der Waals surface area contributed by atoms with Crippen molar-refractivity contribution in [3.63, 3.8) is 0 Å². The second-order valence-electron chi connectivity index (χ2n) is 3.55. The third-order valence-corrected chi connectivity index (χ3v) is 2.71. The maximum absolute atomic E-state index is 10.8. The summed E-state index contributed by atoms with van der Waals surface area (Å²) in [5.74, 6) is -0.952. The van der Waals surface area contributed by atoms with Crippen molar-refractivity contribution in [1.82, 2.24) is 0 Å². The second kappa shape index (κ2) is 5.75. The van der Waals surface area contributed by atoms with Gasteiger partial charge in [-0.05, 0) is 31.5 Å². The third kappa shape index (κ3) is 2.89. The van der Waals surface area contributed by atoms with Crippen LogP contribution in [-0.2, 0) is 0 Å². The molecule has 88 valence electrons. The first-order valence-electron chi connectivity index (χ1n) is 5.38. The number of benzene rings is 1. The van der Waals surface area contributed by atoms with Gasteiger partial charge in [0.2, 0.25) is 0 Å². The summed E-state index contributed by atoms with van der Waals surface area (Å²) in [4.78, 5) is 12.9. The minimum Gasteiger partial charge on any atom is -0.478 e. The molecule has 0 bridgehead atoms. The summed E-state index contributed by atoms with van der Waals surface area (Å²) in [6.45, 7) is 5.93. The van der Waals surface area contributed by atoms with Gasteiger partial charge in [-0.1, -0.05) is 18.5 Å². The highest BCUT2D eigenvalue weighted by Gasteiger charge is 2.10. The molecule has 0 aliphatic heterocycles. The number of rotatable bonds is 5. The molecule has 1 aromatic rings. The highest BCUT2D eigenvalue weighted by molar-refractivity contribution is 6.33. The summed E-state index contributed by atoms with van der Waals surface area (Å²) < 4.78 is 0. The van der Waals surface area contributed by atoms with Gasteiger partial charge >= 0.3 is 5.97 Å². The zero-order valence-electron chi connectivity index (χ0n) is 9.53. The SMILES string of the molecule is CCCN(CC)c1ccc(C(=O)O)cc1Cl. The Balaban J connectivity index is 3.01. The molecule has 0 aliphatic carbocycles. The molecule has 0 saturated heterocycles. The lowest BCUT2D eigenvalue weighted by Gasteiger charge is -2.23. The van der Waals surface area contributed by atoms with Crippen LogP contribution in [0.2, 0.25) is 5.02 Å². The Morgan fingerprint density at radius 2 is 2.12 bits per heavy atom. The number of carboxylic acid groups (broad SMARTS) is 1. The summed E-state index contributed by atoms with van der Waals surface area (Å²) in [5.41, 5.74) is 1.12. The molecule has 0 spiro atoms. The van der Waals surface area contributed by atoms with E-state index in [4.69, 9.17) is 16.7 Å². The van der Waals surface area contributed by atoms with Gasteiger partial charge in [-0.2, -0.15) is 0 Å². The monoisotopic (exact) mass is 241 g/mol. The van der Waals surface area contributed by atoms with Crippen molar-refractivity contribution >= 4 is 23.3 Å². The lowest BCUT2D eigenvalue weighted by Crippen LogP contribution is -2.23. The Morgan fingerprint density at radius 1 is 1.44 bits per heavy atom. The van der Waals surface area contributed by atoms with Gasteiger partial charge in [0.05, 0.1) is 16.3 Å². The van der Waals surface area contributed by atoms with Crippen molar-refractivity contribution < 1.29 is 9.90 Å². The van der Waals surface area contributed by atoms with Crippen LogP contribution in [0.3, 0.4) is 0 Å². The first-order chi connectivity index (χ1) is 7.60. The van der Waals surface area contributed by atoms with Crippen molar-refractivity contribution in [2.24, 2.45) is 0 Å². The van der Waals surface area contributed by atoms with Crippen LogP contribution in [0.25, 0.3) is 0 Å². The molecule has 0 unspecified atom stereocenters. The summed E-state index contributed by atoms with van der Waals surface area (Å²) in [7, 11) is 0. The van der Waals surface area contributed by atoms with E-state index in [1.54, 1.807) is 12.1 Å². The Morgan fingerprint density at radius 3 is 2.56 bits per heavy atom. The molecule has 0 aromatic heterocycles. The van der Waals surface area contributed by atoms with E-state index in [2.05, 4.69) is 18.7 Å². The molecule has 0 saturated carbocycles. The van der Waals surface area contributed by atoms with Gasteiger partial charge in [0.1, 0.15) is 0 Å². The van der Waals surface area contributed by atoms with E-state index in [-0.39, 0.29) is 5.56 Å². The van der Waals surface area contributed by atoms with Gasteiger partial charge in [-0.25, -0.2) is 4.79 Å². The molecule has 1 rings (SSSR count). The first kappa shape index (κ1) is 12.8. The molecule has 1 aromatic carbocycles. The fourth-order valence-corrected chi connectivity index (χ4v) is 1.92. The molecule has 0 amide bonds. The van der Waals surface area contributed by atoms with Crippen LogP contribution in [-0.4, -0.2) is 24.2 Å². The standard InChI is InChI=1S/C12H16ClNO2/c1-3-7-14(4-2)11-6-5-9(12(15)16)8-10(11)13/h5-6,8H,3-4,7H2,1-2H3,(H,15,16). The lowest BCUT2D eigenvalue weighted by molar-refractivity contribution is 0.0697. The Kier molecular flexibility index (Phi) is 4.62. The van der Waals surface area contributed by atoms with E-state index in [1.807, 2.05) is 0 Å². The number of anilines is 1. The first-order valence-corrected chi connectivity index (χ1v) is 5.75. The van der Waals surface area contributed by atoms with Crippen molar-refractivity contribution in [1.29, 1.82) is 0 Å². The number of hydrogen-bond acceptors (Lipinski definition) is 2. The molecule has 1 N–H and O–H groups in total. The van der Waals surface area contributed by atoms with Crippen molar-refractivity contribution in [2.45, 2.75) is 20.3 Å². The zero-order valence-corrected chi connectivity index (χ0v) is 10.3. The van der Waals surface area contributed by atoms with Crippen LogP contribution in [0.15, 0.2) is 18.2 Å². The van der Waals surface area contributed by atoms with E-state index in [1.165, 1.54) is 6.07 Å².